The molecule has 0 aromatic heterocycles. The van der Waals surface area contributed by atoms with E-state index in [9.17, 15) is 4.79 Å². The molecular weight excluding hydrogens is 293 g/mol. The second-order valence-corrected chi connectivity index (χ2v) is 4.52. The lowest BCUT2D eigenvalue weighted by atomic mass is 10.3. The molecule has 3 nitrogen and oxygen atoms in total. The van der Waals surface area contributed by atoms with Crippen LogP contribution < -0.4 is 10.1 Å². The molecule has 1 rings (SSSR count). The molecule has 0 saturated carbocycles. The standard InChI is InChI=1S/C11H13BrClNO2/c1-3-14-11(15)7(2)16-10-5-4-8(13)6-9(10)12/h4-7H,3H2,1-2H3,(H,14,15). The molecule has 0 heterocycles. The third-order valence-corrected chi connectivity index (χ3v) is 2.77. The van der Waals surface area contributed by atoms with Crippen molar-refractivity contribution in [3.05, 3.63) is 27.7 Å². The zero-order chi connectivity index (χ0) is 12.1. The Kier molecular flexibility index (Phi) is 5.09. The van der Waals surface area contributed by atoms with Crippen LogP contribution in [0.5, 0.6) is 5.75 Å². The first-order valence-corrected chi connectivity index (χ1v) is 6.11. The van der Waals surface area contributed by atoms with Crippen molar-refractivity contribution in [3.63, 3.8) is 0 Å². The summed E-state index contributed by atoms with van der Waals surface area (Å²) in [4.78, 5) is 11.4. The Hall–Kier alpha value is -0.740. The summed E-state index contributed by atoms with van der Waals surface area (Å²) in [5, 5.41) is 3.31. The third kappa shape index (κ3) is 3.68. The fourth-order valence-electron chi connectivity index (χ4n) is 1.13. The number of rotatable bonds is 4. The zero-order valence-electron chi connectivity index (χ0n) is 9.09. The normalized spacial score (nSPS) is 12.0. The fourth-order valence-corrected chi connectivity index (χ4v) is 1.91. The lowest BCUT2D eigenvalue weighted by Gasteiger charge is -2.15. The van der Waals surface area contributed by atoms with Crippen LogP contribution in [0.2, 0.25) is 5.02 Å². The van der Waals surface area contributed by atoms with Crippen LogP contribution >= 0.6 is 27.5 Å². The number of amides is 1. The quantitative estimate of drug-likeness (QED) is 0.928. The van der Waals surface area contributed by atoms with Crippen molar-refractivity contribution in [1.29, 1.82) is 0 Å². The molecule has 1 amide bonds. The molecule has 1 unspecified atom stereocenters. The van der Waals surface area contributed by atoms with Gasteiger partial charge in [-0.15, -0.1) is 0 Å². The van der Waals surface area contributed by atoms with Gasteiger partial charge < -0.3 is 10.1 Å². The zero-order valence-corrected chi connectivity index (χ0v) is 11.4. The number of carbonyl (C=O) groups excluding carboxylic acids is 1. The average Bonchev–Trinajstić information content (AvgIpc) is 2.22. The summed E-state index contributed by atoms with van der Waals surface area (Å²) >= 11 is 9.12. The van der Waals surface area contributed by atoms with E-state index in [0.29, 0.717) is 17.3 Å². The van der Waals surface area contributed by atoms with Crippen molar-refractivity contribution in [1.82, 2.24) is 5.32 Å². The Morgan fingerprint density at radius 2 is 2.31 bits per heavy atom. The maximum Gasteiger partial charge on any atom is 0.260 e. The molecule has 0 bridgehead atoms. The maximum atomic E-state index is 11.4. The van der Waals surface area contributed by atoms with Gasteiger partial charge in [0.25, 0.3) is 5.91 Å². The smallest absolute Gasteiger partial charge is 0.260 e. The van der Waals surface area contributed by atoms with E-state index in [1.807, 2.05) is 6.92 Å². The molecule has 1 N–H and O–H groups in total. The van der Waals surface area contributed by atoms with Crippen LogP contribution in [-0.4, -0.2) is 18.6 Å². The molecule has 0 spiro atoms. The van der Waals surface area contributed by atoms with Gasteiger partial charge in [-0.2, -0.15) is 0 Å². The number of benzene rings is 1. The SMILES string of the molecule is CCNC(=O)C(C)Oc1ccc(Cl)cc1Br. The molecule has 5 heteroatoms. The predicted molar refractivity (Wildman–Crippen MR) is 67.9 cm³/mol. The van der Waals surface area contributed by atoms with Gasteiger partial charge in [0.15, 0.2) is 6.10 Å². The van der Waals surface area contributed by atoms with E-state index in [4.69, 9.17) is 16.3 Å². The first-order chi connectivity index (χ1) is 7.54. The summed E-state index contributed by atoms with van der Waals surface area (Å²) in [7, 11) is 0. The van der Waals surface area contributed by atoms with E-state index in [0.717, 1.165) is 4.47 Å². The second kappa shape index (κ2) is 6.11. The van der Waals surface area contributed by atoms with Gasteiger partial charge in [-0.1, -0.05) is 11.6 Å². The highest BCUT2D eigenvalue weighted by Gasteiger charge is 2.14. The highest BCUT2D eigenvalue weighted by molar-refractivity contribution is 9.10. The lowest BCUT2D eigenvalue weighted by Crippen LogP contribution is -2.36. The molecule has 0 aliphatic carbocycles. The van der Waals surface area contributed by atoms with Crippen molar-refractivity contribution >= 4 is 33.4 Å². The summed E-state index contributed by atoms with van der Waals surface area (Å²) in [6, 6.07) is 5.16. The van der Waals surface area contributed by atoms with Gasteiger partial charge in [0.1, 0.15) is 5.75 Å². The van der Waals surface area contributed by atoms with Gasteiger partial charge in [-0.3, -0.25) is 4.79 Å². The van der Waals surface area contributed by atoms with E-state index in [2.05, 4.69) is 21.2 Å². The summed E-state index contributed by atoms with van der Waals surface area (Å²) < 4.78 is 6.23. The maximum absolute atomic E-state index is 11.4. The van der Waals surface area contributed by atoms with Crippen LogP contribution in [0.25, 0.3) is 0 Å². The Labute approximate surface area is 108 Å². The van der Waals surface area contributed by atoms with Crippen molar-refractivity contribution in [3.8, 4) is 5.75 Å². The van der Waals surface area contributed by atoms with Gasteiger partial charge in [0.2, 0.25) is 0 Å². The minimum Gasteiger partial charge on any atom is -0.480 e. The number of hydrogen-bond acceptors (Lipinski definition) is 2. The summed E-state index contributed by atoms with van der Waals surface area (Å²) in [5.41, 5.74) is 0. The van der Waals surface area contributed by atoms with E-state index in [1.165, 1.54) is 0 Å². The van der Waals surface area contributed by atoms with Crippen molar-refractivity contribution in [2.24, 2.45) is 0 Å². The summed E-state index contributed by atoms with van der Waals surface area (Å²) in [6.07, 6.45) is -0.530. The van der Waals surface area contributed by atoms with Crippen molar-refractivity contribution in [2.45, 2.75) is 20.0 Å². The molecule has 0 radical (unpaired) electrons. The van der Waals surface area contributed by atoms with Gasteiger partial charge in [-0.05, 0) is 48.0 Å². The van der Waals surface area contributed by atoms with Crippen LogP contribution in [0.15, 0.2) is 22.7 Å². The summed E-state index contributed by atoms with van der Waals surface area (Å²) in [5.74, 6) is 0.465. The van der Waals surface area contributed by atoms with Crippen LogP contribution in [-0.2, 0) is 4.79 Å². The number of hydrogen-bond donors (Lipinski definition) is 1. The molecule has 1 aromatic carbocycles. The molecular formula is C11H13BrClNO2. The Morgan fingerprint density at radius 3 is 2.88 bits per heavy atom. The minimum absolute atomic E-state index is 0.135. The molecule has 0 aliphatic heterocycles. The number of nitrogens with one attached hydrogen (secondary N) is 1. The molecule has 88 valence electrons. The van der Waals surface area contributed by atoms with E-state index in [1.54, 1.807) is 25.1 Å². The van der Waals surface area contributed by atoms with Gasteiger partial charge in [-0.25, -0.2) is 0 Å². The van der Waals surface area contributed by atoms with Crippen LogP contribution in [0.4, 0.5) is 0 Å². The second-order valence-electron chi connectivity index (χ2n) is 3.23. The van der Waals surface area contributed by atoms with Crippen molar-refractivity contribution < 1.29 is 9.53 Å². The molecule has 16 heavy (non-hydrogen) atoms. The van der Waals surface area contributed by atoms with E-state index in [-0.39, 0.29) is 5.91 Å². The Morgan fingerprint density at radius 1 is 1.62 bits per heavy atom. The molecule has 0 aliphatic rings. The van der Waals surface area contributed by atoms with Crippen molar-refractivity contribution in [2.75, 3.05) is 6.54 Å². The lowest BCUT2D eigenvalue weighted by molar-refractivity contribution is -0.127. The summed E-state index contributed by atoms with van der Waals surface area (Å²) in [6.45, 7) is 4.16. The first kappa shape index (κ1) is 13.3. The third-order valence-electron chi connectivity index (χ3n) is 1.92. The van der Waals surface area contributed by atoms with Crippen LogP contribution in [0.3, 0.4) is 0 Å². The largest absolute Gasteiger partial charge is 0.480 e. The Balaban J connectivity index is 2.69. The number of ether oxygens (including phenoxy) is 1. The topological polar surface area (TPSA) is 38.3 Å². The van der Waals surface area contributed by atoms with Gasteiger partial charge >= 0.3 is 0 Å². The van der Waals surface area contributed by atoms with Crippen LogP contribution in [0.1, 0.15) is 13.8 Å². The predicted octanol–water partition coefficient (Wildman–Crippen LogP) is 3.01. The Bertz CT molecular complexity index is 384. The van der Waals surface area contributed by atoms with E-state index < -0.39 is 6.10 Å². The van der Waals surface area contributed by atoms with Gasteiger partial charge in [0, 0.05) is 11.6 Å². The number of halogens is 2. The van der Waals surface area contributed by atoms with Crippen LogP contribution in [0, 0.1) is 0 Å². The molecule has 1 atom stereocenters. The highest BCUT2D eigenvalue weighted by Crippen LogP contribution is 2.28. The highest BCUT2D eigenvalue weighted by atomic mass is 79.9. The fraction of sp³-hybridized carbons (Fsp3) is 0.364. The monoisotopic (exact) mass is 305 g/mol. The average molecular weight is 307 g/mol. The molecule has 0 saturated heterocycles. The first-order valence-electron chi connectivity index (χ1n) is 4.94. The van der Waals surface area contributed by atoms with E-state index >= 15 is 0 Å². The number of carbonyl (C=O) groups is 1. The molecule has 1 aromatic rings. The molecule has 0 fully saturated rings. The van der Waals surface area contributed by atoms with Gasteiger partial charge in [0.05, 0.1) is 4.47 Å². The minimum atomic E-state index is -0.530. The number of likely N-dealkylation sites (N-methyl/N-ethyl adjacent to an activating group) is 1.